The van der Waals surface area contributed by atoms with Crippen LogP contribution in [-0.4, -0.2) is 25.7 Å². The van der Waals surface area contributed by atoms with Gasteiger partial charge in [-0.25, -0.2) is 0 Å². The summed E-state index contributed by atoms with van der Waals surface area (Å²) in [6.07, 6.45) is 2.38. The monoisotopic (exact) mass is 278 g/mol. The Morgan fingerprint density at radius 1 is 1.30 bits per heavy atom. The molecule has 0 saturated heterocycles. The van der Waals surface area contributed by atoms with Crippen molar-refractivity contribution in [2.45, 2.75) is 39.7 Å². The van der Waals surface area contributed by atoms with Gasteiger partial charge in [0.15, 0.2) is 0 Å². The van der Waals surface area contributed by atoms with E-state index in [0.29, 0.717) is 19.6 Å². The summed E-state index contributed by atoms with van der Waals surface area (Å²) in [5, 5.41) is 6.28. The highest BCUT2D eigenvalue weighted by atomic mass is 16.5. The number of amides is 1. The van der Waals surface area contributed by atoms with Crippen LogP contribution in [0.25, 0.3) is 0 Å². The molecule has 112 valence electrons. The van der Waals surface area contributed by atoms with Crippen LogP contribution in [0.2, 0.25) is 0 Å². The fraction of sp³-hybridized carbons (Fsp3) is 0.562. The molecule has 0 atom stereocenters. The maximum Gasteiger partial charge on any atom is 0.224 e. The smallest absolute Gasteiger partial charge is 0.224 e. The van der Waals surface area contributed by atoms with Gasteiger partial charge in [-0.05, 0) is 44.0 Å². The first kappa shape index (κ1) is 16.7. The maximum atomic E-state index is 11.8. The molecule has 1 aromatic rings. The molecule has 0 aliphatic heterocycles. The number of carbonyl (C=O) groups is 1. The number of nitrogens with one attached hydrogen (secondary N) is 2. The standard InChI is InChI=1S/C16H26N2O2/c1-3-10-17-13-14-7-5-8-15(12-14)18-16(19)9-6-11-20-4-2/h5,7-8,12,17H,3-4,6,9-11,13H2,1-2H3,(H,18,19). The summed E-state index contributed by atoms with van der Waals surface area (Å²) in [4.78, 5) is 11.8. The van der Waals surface area contributed by atoms with E-state index in [0.717, 1.165) is 31.6 Å². The normalized spacial score (nSPS) is 10.5. The molecule has 0 radical (unpaired) electrons. The molecule has 0 saturated carbocycles. The van der Waals surface area contributed by atoms with Crippen molar-refractivity contribution in [1.82, 2.24) is 5.32 Å². The van der Waals surface area contributed by atoms with Crippen LogP contribution in [0.5, 0.6) is 0 Å². The third-order valence-corrected chi connectivity index (χ3v) is 2.86. The fourth-order valence-electron chi connectivity index (χ4n) is 1.87. The van der Waals surface area contributed by atoms with Crippen LogP contribution >= 0.6 is 0 Å². The van der Waals surface area contributed by atoms with Gasteiger partial charge in [0.25, 0.3) is 0 Å². The molecule has 0 fully saturated rings. The van der Waals surface area contributed by atoms with Gasteiger partial charge in [0.2, 0.25) is 5.91 Å². The van der Waals surface area contributed by atoms with E-state index in [9.17, 15) is 4.79 Å². The van der Waals surface area contributed by atoms with Gasteiger partial charge in [-0.2, -0.15) is 0 Å². The Bertz CT molecular complexity index is 394. The number of benzene rings is 1. The molecule has 20 heavy (non-hydrogen) atoms. The van der Waals surface area contributed by atoms with Gasteiger partial charge in [-0.3, -0.25) is 4.79 Å². The summed E-state index contributed by atoms with van der Waals surface area (Å²) in [6, 6.07) is 7.97. The third-order valence-electron chi connectivity index (χ3n) is 2.86. The molecule has 4 heteroatoms. The summed E-state index contributed by atoms with van der Waals surface area (Å²) >= 11 is 0. The number of anilines is 1. The number of hydrogen-bond donors (Lipinski definition) is 2. The van der Waals surface area contributed by atoms with E-state index in [-0.39, 0.29) is 5.91 Å². The minimum Gasteiger partial charge on any atom is -0.382 e. The number of hydrogen-bond acceptors (Lipinski definition) is 3. The van der Waals surface area contributed by atoms with Gasteiger partial charge < -0.3 is 15.4 Å². The van der Waals surface area contributed by atoms with E-state index in [1.807, 2.05) is 25.1 Å². The van der Waals surface area contributed by atoms with Crippen molar-refractivity contribution < 1.29 is 9.53 Å². The predicted molar refractivity (Wildman–Crippen MR) is 82.8 cm³/mol. The molecule has 0 unspecified atom stereocenters. The van der Waals surface area contributed by atoms with Crippen molar-refractivity contribution in [3.05, 3.63) is 29.8 Å². The zero-order valence-electron chi connectivity index (χ0n) is 12.6. The second kappa shape index (κ2) is 10.4. The molecule has 0 spiro atoms. The van der Waals surface area contributed by atoms with Crippen LogP contribution in [0.1, 0.15) is 38.7 Å². The average Bonchev–Trinajstić information content (AvgIpc) is 2.44. The zero-order valence-corrected chi connectivity index (χ0v) is 12.6. The first-order valence-electron chi connectivity index (χ1n) is 7.43. The Kier molecular flexibility index (Phi) is 8.67. The van der Waals surface area contributed by atoms with E-state index in [1.165, 1.54) is 5.56 Å². The molecular weight excluding hydrogens is 252 g/mol. The lowest BCUT2D eigenvalue weighted by Gasteiger charge is -2.08. The van der Waals surface area contributed by atoms with E-state index < -0.39 is 0 Å². The van der Waals surface area contributed by atoms with E-state index >= 15 is 0 Å². The lowest BCUT2D eigenvalue weighted by atomic mass is 10.2. The molecule has 1 aromatic carbocycles. The van der Waals surface area contributed by atoms with Crippen LogP contribution < -0.4 is 10.6 Å². The van der Waals surface area contributed by atoms with Crippen LogP contribution in [-0.2, 0) is 16.1 Å². The van der Waals surface area contributed by atoms with Crippen molar-refractivity contribution in [2.24, 2.45) is 0 Å². The van der Waals surface area contributed by atoms with Crippen molar-refractivity contribution >= 4 is 11.6 Å². The number of rotatable bonds is 10. The average molecular weight is 278 g/mol. The summed E-state index contributed by atoms with van der Waals surface area (Å²) in [6.45, 7) is 7.29. The predicted octanol–water partition coefficient (Wildman–Crippen LogP) is 2.94. The fourth-order valence-corrected chi connectivity index (χ4v) is 1.87. The summed E-state index contributed by atoms with van der Waals surface area (Å²) in [5.41, 5.74) is 2.05. The lowest BCUT2D eigenvalue weighted by Crippen LogP contribution is -2.15. The molecule has 0 aliphatic rings. The molecule has 1 rings (SSSR count). The SMILES string of the molecule is CCCNCc1cccc(NC(=O)CCCOCC)c1. The lowest BCUT2D eigenvalue weighted by molar-refractivity contribution is -0.116. The summed E-state index contributed by atoms with van der Waals surface area (Å²) < 4.78 is 5.22. The highest BCUT2D eigenvalue weighted by molar-refractivity contribution is 5.90. The first-order chi connectivity index (χ1) is 9.76. The van der Waals surface area contributed by atoms with Gasteiger partial charge in [0.05, 0.1) is 0 Å². The molecular formula is C16H26N2O2. The Labute approximate surface area is 121 Å². The largest absolute Gasteiger partial charge is 0.382 e. The quantitative estimate of drug-likeness (QED) is 0.647. The Hall–Kier alpha value is -1.39. The minimum absolute atomic E-state index is 0.0448. The van der Waals surface area contributed by atoms with Crippen LogP contribution in [0.4, 0.5) is 5.69 Å². The van der Waals surface area contributed by atoms with Gasteiger partial charge in [-0.15, -0.1) is 0 Å². The van der Waals surface area contributed by atoms with E-state index in [1.54, 1.807) is 0 Å². The molecule has 0 heterocycles. The van der Waals surface area contributed by atoms with Crippen LogP contribution in [0.15, 0.2) is 24.3 Å². The van der Waals surface area contributed by atoms with E-state index in [2.05, 4.69) is 23.6 Å². The third kappa shape index (κ3) is 7.26. The maximum absolute atomic E-state index is 11.8. The molecule has 1 amide bonds. The second-order valence-electron chi connectivity index (χ2n) is 4.73. The van der Waals surface area contributed by atoms with Crippen molar-refractivity contribution in [3.63, 3.8) is 0 Å². The van der Waals surface area contributed by atoms with Crippen molar-refractivity contribution in [1.29, 1.82) is 0 Å². The summed E-state index contributed by atoms with van der Waals surface area (Å²) in [7, 11) is 0. The van der Waals surface area contributed by atoms with Crippen molar-refractivity contribution in [2.75, 3.05) is 25.1 Å². The highest BCUT2D eigenvalue weighted by Gasteiger charge is 2.03. The minimum atomic E-state index is 0.0448. The van der Waals surface area contributed by atoms with Crippen LogP contribution in [0.3, 0.4) is 0 Å². The molecule has 0 aliphatic carbocycles. The summed E-state index contributed by atoms with van der Waals surface area (Å²) in [5.74, 6) is 0.0448. The number of carbonyl (C=O) groups excluding carboxylic acids is 1. The van der Waals surface area contributed by atoms with Crippen LogP contribution in [0, 0.1) is 0 Å². The molecule has 2 N–H and O–H groups in total. The van der Waals surface area contributed by atoms with Crippen molar-refractivity contribution in [3.8, 4) is 0 Å². The molecule has 0 bridgehead atoms. The topological polar surface area (TPSA) is 50.4 Å². The highest BCUT2D eigenvalue weighted by Crippen LogP contribution is 2.11. The molecule has 4 nitrogen and oxygen atoms in total. The Balaban J connectivity index is 2.35. The van der Waals surface area contributed by atoms with Gasteiger partial charge in [0, 0.05) is 31.9 Å². The Morgan fingerprint density at radius 3 is 2.90 bits per heavy atom. The van der Waals surface area contributed by atoms with Gasteiger partial charge in [-0.1, -0.05) is 19.1 Å². The number of ether oxygens (including phenoxy) is 1. The Morgan fingerprint density at radius 2 is 2.15 bits per heavy atom. The first-order valence-corrected chi connectivity index (χ1v) is 7.43. The second-order valence-corrected chi connectivity index (χ2v) is 4.73. The van der Waals surface area contributed by atoms with E-state index in [4.69, 9.17) is 4.74 Å². The zero-order chi connectivity index (χ0) is 14.6. The molecule has 0 aromatic heterocycles. The van der Waals surface area contributed by atoms with Gasteiger partial charge in [0.1, 0.15) is 0 Å². The van der Waals surface area contributed by atoms with Gasteiger partial charge >= 0.3 is 0 Å².